The van der Waals surface area contributed by atoms with Crippen LogP contribution < -0.4 is 32.7 Å². The SMILES string of the molecule is CO[C@H]1/C=C\C=C(/C)C(=O)NC2=CC(=O)C(NCCOC(=O)c3ccc(C(=O)OCCNC4=C5C[C@@H](C)C[C@H](OC)[C@H](O)[C@@H](C)/C=C(\C)[C@H](OC(N)=O)[C@@H](OC)/C=C\C=C(/C)C(=O)NC(=CC4=O)C5=O)cc3)=C(C[C@@H](C)C[C@H](OC)[C@H](O)[C@@H](C)/C=C(\C)[C@H]1OC(N)=O)C2=O. The van der Waals surface area contributed by atoms with Crippen molar-refractivity contribution in [2.45, 2.75) is 130 Å². The molecule has 12 atom stereocenters. The van der Waals surface area contributed by atoms with Gasteiger partial charge in [-0.2, -0.15) is 0 Å². The van der Waals surface area contributed by atoms with Crippen LogP contribution in [0.4, 0.5) is 9.59 Å². The zero-order valence-electron chi connectivity index (χ0n) is 55.1. The highest BCUT2D eigenvalue weighted by molar-refractivity contribution is 6.24. The summed E-state index contributed by atoms with van der Waals surface area (Å²) >= 11 is 0. The number of aliphatic hydroxyl groups is 2. The van der Waals surface area contributed by atoms with E-state index in [0.717, 1.165) is 12.2 Å². The average molecular weight is 1310 g/mol. The molecule has 1 aromatic rings. The standard InChI is InChI=1S/C68H88N6O20/c1-35-27-45-55(49(75)33-47(59(45)79)73-63(81)37(3)15-13-17-51(87-9)61(93-67(69)85)41(7)31-39(5)57(77)53(29-35)89-11)71-23-25-91-65(83)43-19-21-44(22-20-43)66(84)92-26-24-72-56-46-28-36(2)30-54(90-12)58(78)40(6)32-42(8)62(94-68(70)86)52(88-10)18-14-16-38(4)64(82)74-48(60(46)80)34-50(56)76/h13-22,31-36,39-40,51-54,57-58,61-62,71-72,77-78H,23-30H2,1-12H3,(H2,69,85)(H2,70,86)(H,73,81)(H,74,82)/b17-13-,18-14-,37-15+,38-16+,41-31+,42-32+/t35-,36-,39+,40+,51+,52+,53+,54+,57-,58-,61-,62+/m1/s1. The molecule has 0 saturated carbocycles. The minimum absolute atomic E-state index is 0.0138. The maximum absolute atomic E-state index is 14.2. The molecule has 2 aliphatic heterocycles. The molecule has 94 heavy (non-hydrogen) atoms. The normalized spacial score (nSPS) is 29.6. The highest BCUT2D eigenvalue weighted by Gasteiger charge is 2.37. The number of amides is 4. The molecule has 0 radical (unpaired) electrons. The number of hydrogen-bond donors (Lipinski definition) is 8. The highest BCUT2D eigenvalue weighted by Crippen LogP contribution is 2.32. The molecule has 0 unspecified atom stereocenters. The Bertz CT molecular complexity index is 3130. The van der Waals surface area contributed by atoms with Crippen LogP contribution in [0.3, 0.4) is 0 Å². The van der Waals surface area contributed by atoms with Crippen LogP contribution >= 0.6 is 0 Å². The third-order valence-corrected chi connectivity index (χ3v) is 16.2. The number of ether oxygens (including phenoxy) is 8. The lowest BCUT2D eigenvalue weighted by Gasteiger charge is -2.30. The van der Waals surface area contributed by atoms with Gasteiger partial charge in [0.15, 0.2) is 12.2 Å². The van der Waals surface area contributed by atoms with E-state index in [0.29, 0.717) is 11.1 Å². The first kappa shape index (κ1) is 75.8. The van der Waals surface area contributed by atoms with E-state index in [4.69, 9.17) is 49.4 Å². The Morgan fingerprint density at radius 3 is 1.22 bits per heavy atom. The van der Waals surface area contributed by atoms with Gasteiger partial charge in [0, 0.05) is 87.8 Å². The number of fused-ring (bicyclic) bond motifs is 4. The van der Waals surface area contributed by atoms with Crippen molar-refractivity contribution in [2.24, 2.45) is 35.1 Å². The smallest absolute Gasteiger partial charge is 0.405 e. The number of hydrogen-bond acceptors (Lipinski definition) is 22. The minimum atomic E-state index is -1.10. The van der Waals surface area contributed by atoms with Crippen molar-refractivity contribution >= 4 is 59.1 Å². The van der Waals surface area contributed by atoms with Crippen LogP contribution in [0.1, 0.15) is 102 Å². The molecule has 5 rings (SSSR count). The fourth-order valence-electron chi connectivity index (χ4n) is 11.1. The largest absolute Gasteiger partial charge is 0.460 e. The molecule has 0 spiro atoms. The molecule has 4 amide bonds. The van der Waals surface area contributed by atoms with E-state index >= 15 is 0 Å². The lowest BCUT2D eigenvalue weighted by atomic mass is 9.85. The van der Waals surface area contributed by atoms with Crippen LogP contribution in [0, 0.1) is 23.7 Å². The quantitative estimate of drug-likeness (QED) is 0.0364. The van der Waals surface area contributed by atoms with Gasteiger partial charge >= 0.3 is 24.1 Å². The predicted molar refractivity (Wildman–Crippen MR) is 342 cm³/mol. The summed E-state index contributed by atoms with van der Waals surface area (Å²) in [7, 11) is 5.63. The molecule has 1 aromatic carbocycles. The number of ketones is 4. The maximum Gasteiger partial charge on any atom is 0.405 e. The third-order valence-electron chi connectivity index (χ3n) is 16.2. The van der Waals surface area contributed by atoms with Crippen LogP contribution in [0.25, 0.3) is 0 Å². The minimum Gasteiger partial charge on any atom is -0.460 e. The Kier molecular flexibility index (Phi) is 29.0. The summed E-state index contributed by atoms with van der Waals surface area (Å²) in [6, 6.07) is 5.34. The van der Waals surface area contributed by atoms with E-state index in [-0.39, 0.29) is 108 Å². The predicted octanol–water partition coefficient (Wildman–Crippen LogP) is 4.73. The number of allylic oxidation sites excluding steroid dienone is 8. The molecule has 10 N–H and O–H groups in total. The average Bonchev–Trinajstić information content (AvgIpc) is 0.861. The van der Waals surface area contributed by atoms with Gasteiger partial charge in [0.1, 0.15) is 25.4 Å². The number of rotatable bonds is 16. The monoisotopic (exact) mass is 1310 g/mol. The summed E-state index contributed by atoms with van der Waals surface area (Å²) in [5, 5.41) is 34.1. The zero-order valence-corrected chi connectivity index (χ0v) is 55.1. The van der Waals surface area contributed by atoms with Crippen molar-refractivity contribution in [3.05, 3.63) is 152 Å². The van der Waals surface area contributed by atoms with E-state index in [1.807, 2.05) is 0 Å². The summed E-state index contributed by atoms with van der Waals surface area (Å²) in [4.78, 5) is 133. The Hall–Kier alpha value is -8.92. The second-order valence-corrected chi connectivity index (χ2v) is 23.6. The fourth-order valence-corrected chi connectivity index (χ4v) is 11.1. The van der Waals surface area contributed by atoms with Crippen molar-refractivity contribution in [1.29, 1.82) is 0 Å². The summed E-state index contributed by atoms with van der Waals surface area (Å²) in [6.07, 6.45) is 5.04. The van der Waals surface area contributed by atoms with E-state index in [1.54, 1.807) is 53.7 Å². The van der Waals surface area contributed by atoms with Gasteiger partial charge in [-0.25, -0.2) is 19.2 Å². The van der Waals surface area contributed by atoms with Gasteiger partial charge < -0.3 is 80.8 Å². The number of benzene rings is 1. The zero-order chi connectivity index (χ0) is 69.7. The number of nitrogens with two attached hydrogens (primary N) is 2. The second kappa shape index (κ2) is 35.9. The summed E-state index contributed by atoms with van der Waals surface area (Å²) in [5.41, 5.74) is 11.6. The van der Waals surface area contributed by atoms with Gasteiger partial charge in [0.05, 0.1) is 58.3 Å². The van der Waals surface area contributed by atoms with Crippen LogP contribution in [0.2, 0.25) is 0 Å². The topological polar surface area (TPSA) is 385 Å². The number of primary amides is 2. The van der Waals surface area contributed by atoms with Crippen molar-refractivity contribution in [3.8, 4) is 0 Å². The number of aliphatic hydroxyl groups excluding tert-OH is 2. The molecule has 2 aliphatic carbocycles. The number of carbonyl (C=O) groups excluding carboxylic acids is 10. The second-order valence-electron chi connectivity index (χ2n) is 23.6. The summed E-state index contributed by atoms with van der Waals surface area (Å²) < 4.78 is 44.5. The van der Waals surface area contributed by atoms with E-state index in [1.165, 1.54) is 103 Å². The van der Waals surface area contributed by atoms with Gasteiger partial charge in [-0.3, -0.25) is 28.8 Å². The molecule has 0 fully saturated rings. The van der Waals surface area contributed by atoms with E-state index in [9.17, 15) is 58.2 Å². The maximum atomic E-state index is 14.2. The molecular weight excluding hydrogens is 1220 g/mol. The Labute approximate surface area is 546 Å². The molecule has 0 aromatic heterocycles. The number of methoxy groups -OCH3 is 4. The summed E-state index contributed by atoms with van der Waals surface area (Å²) in [6.45, 7) is 12.6. The molecule has 4 aliphatic rings. The van der Waals surface area contributed by atoms with Crippen LogP contribution in [0.15, 0.2) is 141 Å². The number of esters is 2. The Morgan fingerprint density at radius 2 is 0.904 bits per heavy atom. The molecular formula is C68H88N6O20. The number of nitrogens with one attached hydrogen (secondary N) is 4. The number of Topliss-reactive ketones (excluding diaryl/α,β-unsaturated/α-hetero) is 2. The molecule has 26 nitrogen and oxygen atoms in total. The van der Waals surface area contributed by atoms with Crippen molar-refractivity contribution in [1.82, 2.24) is 21.3 Å². The van der Waals surface area contributed by atoms with Crippen LogP contribution in [-0.2, 0) is 66.7 Å². The fraction of sp³-hybridized carbons (Fsp3) is 0.471. The summed E-state index contributed by atoms with van der Waals surface area (Å²) in [5.74, 6) is -7.51. The highest BCUT2D eigenvalue weighted by atomic mass is 16.6. The van der Waals surface area contributed by atoms with Gasteiger partial charge in [-0.05, 0) is 101 Å². The molecule has 2 heterocycles. The van der Waals surface area contributed by atoms with E-state index < -0.39 is 132 Å². The van der Waals surface area contributed by atoms with Gasteiger partial charge in [-0.1, -0.05) is 76.3 Å². The van der Waals surface area contributed by atoms with Crippen molar-refractivity contribution in [2.75, 3.05) is 54.7 Å². The molecule has 0 saturated heterocycles. The first-order valence-electron chi connectivity index (χ1n) is 30.6. The Morgan fingerprint density at radius 1 is 0.553 bits per heavy atom. The molecule has 26 heteroatoms. The first-order chi connectivity index (χ1) is 44.5. The van der Waals surface area contributed by atoms with Gasteiger partial charge in [-0.15, -0.1) is 0 Å². The third kappa shape index (κ3) is 21.0. The lowest BCUT2D eigenvalue weighted by Crippen LogP contribution is -2.38. The number of carbonyl (C=O) groups is 10. The van der Waals surface area contributed by atoms with E-state index in [2.05, 4.69) is 21.3 Å². The lowest BCUT2D eigenvalue weighted by molar-refractivity contribution is -0.120. The van der Waals surface area contributed by atoms with Crippen molar-refractivity contribution in [3.63, 3.8) is 0 Å². The van der Waals surface area contributed by atoms with Crippen molar-refractivity contribution < 1.29 is 96.1 Å². The molecule has 4 bridgehead atoms. The van der Waals surface area contributed by atoms with Crippen LogP contribution in [0.5, 0.6) is 0 Å². The van der Waals surface area contributed by atoms with Crippen LogP contribution in [-0.4, -0.2) is 173 Å². The van der Waals surface area contributed by atoms with Gasteiger partial charge in [0.25, 0.3) is 11.8 Å². The van der Waals surface area contributed by atoms with Gasteiger partial charge in [0.2, 0.25) is 23.1 Å². The Balaban J connectivity index is 1.25. The molecule has 510 valence electrons. The first-order valence-corrected chi connectivity index (χ1v) is 30.6.